The molecule has 9 heavy (non-hydrogen) atoms. The molecule has 0 saturated heterocycles. The molecule has 0 bridgehead atoms. The van der Waals surface area contributed by atoms with E-state index in [0.717, 1.165) is 6.42 Å². The third-order valence-electron chi connectivity index (χ3n) is 1.01. The van der Waals surface area contributed by atoms with Crippen LogP contribution in [0.2, 0.25) is 0 Å². The van der Waals surface area contributed by atoms with Crippen LogP contribution in [0.25, 0.3) is 0 Å². The molecule has 0 spiro atoms. The van der Waals surface area contributed by atoms with E-state index >= 15 is 0 Å². The Labute approximate surface area is 57.1 Å². The fourth-order valence-electron chi connectivity index (χ4n) is 0.508. The van der Waals surface area contributed by atoms with Gasteiger partial charge in [0, 0.05) is 13.3 Å². The summed E-state index contributed by atoms with van der Waals surface area (Å²) >= 11 is 0. The number of hydrogen-bond donors (Lipinski definition) is 0. The lowest BCUT2D eigenvalue weighted by Crippen LogP contribution is -2.02. The van der Waals surface area contributed by atoms with E-state index in [-0.39, 0.29) is 6.10 Å². The monoisotopic (exact) mass is 150 g/mol. The summed E-state index contributed by atoms with van der Waals surface area (Å²) in [6.45, 7) is 7.22. The van der Waals surface area contributed by atoms with E-state index in [9.17, 15) is 4.57 Å². The first-order valence-corrected chi connectivity index (χ1v) is 5.71. The lowest BCUT2D eigenvalue weighted by atomic mass is 10.3. The van der Waals surface area contributed by atoms with Gasteiger partial charge in [-0.2, -0.15) is 0 Å². The average Bonchev–Trinajstić information content (AvgIpc) is 1.62. The van der Waals surface area contributed by atoms with Crippen molar-refractivity contribution in [3.63, 3.8) is 0 Å². The third kappa shape index (κ3) is 6.07. The first-order valence-electron chi connectivity index (χ1n) is 3.19. The minimum absolute atomic E-state index is 0.130. The van der Waals surface area contributed by atoms with Crippen LogP contribution in [0.5, 0.6) is 0 Å². The molecule has 1 unspecified atom stereocenters. The largest absolute Gasteiger partial charge is 0.326 e. The second-order valence-corrected chi connectivity index (χ2v) is 5.29. The third-order valence-corrected chi connectivity index (χ3v) is 1.88. The van der Waals surface area contributed by atoms with Gasteiger partial charge < -0.3 is 4.52 Å². The summed E-state index contributed by atoms with van der Waals surface area (Å²) in [6.07, 6.45) is 1.05. The summed E-state index contributed by atoms with van der Waals surface area (Å²) in [5.41, 5.74) is 0. The van der Waals surface area contributed by atoms with Gasteiger partial charge >= 0.3 is 0 Å². The molecule has 0 radical (unpaired) electrons. The van der Waals surface area contributed by atoms with Crippen molar-refractivity contribution in [2.45, 2.75) is 26.4 Å². The van der Waals surface area contributed by atoms with E-state index in [4.69, 9.17) is 4.52 Å². The highest BCUT2D eigenvalue weighted by Crippen LogP contribution is 2.39. The maximum absolute atomic E-state index is 11.0. The van der Waals surface area contributed by atoms with E-state index in [1.807, 2.05) is 13.8 Å². The zero-order chi connectivity index (χ0) is 7.49. The van der Waals surface area contributed by atoms with Crippen molar-refractivity contribution in [1.29, 1.82) is 0 Å². The fourth-order valence-corrected chi connectivity index (χ4v) is 1.52. The highest BCUT2D eigenvalue weighted by Gasteiger charge is 2.10. The Morgan fingerprint density at radius 2 is 2.00 bits per heavy atom. The smallest absolute Gasteiger partial charge is 0.197 e. The maximum atomic E-state index is 11.0. The summed E-state index contributed by atoms with van der Waals surface area (Å²) in [6, 6.07) is 0. The first kappa shape index (κ1) is 9.19. The maximum Gasteiger partial charge on any atom is 0.197 e. The molecule has 3 heteroatoms. The zero-order valence-electron chi connectivity index (χ0n) is 6.55. The minimum atomic E-state index is -2.24. The van der Waals surface area contributed by atoms with Crippen molar-refractivity contribution in [2.24, 2.45) is 0 Å². The van der Waals surface area contributed by atoms with Gasteiger partial charge in [-0.15, -0.1) is 0 Å². The van der Waals surface area contributed by atoms with E-state index in [1.165, 1.54) is 0 Å². The molecule has 0 saturated carbocycles. The second kappa shape index (κ2) is 3.38. The van der Waals surface area contributed by atoms with Gasteiger partial charge in [0.15, 0.2) is 7.37 Å². The molecule has 0 heterocycles. The van der Waals surface area contributed by atoms with Crippen LogP contribution in [0.15, 0.2) is 0 Å². The van der Waals surface area contributed by atoms with Gasteiger partial charge in [0.05, 0.1) is 6.10 Å². The highest BCUT2D eigenvalue weighted by molar-refractivity contribution is 7.57. The molecule has 0 aromatic heterocycles. The van der Waals surface area contributed by atoms with E-state index < -0.39 is 7.37 Å². The normalized spacial score (nSPS) is 15.6. The molecule has 2 nitrogen and oxygen atoms in total. The molecular formula is C6H15O2P. The molecule has 0 aromatic carbocycles. The van der Waals surface area contributed by atoms with E-state index in [1.54, 1.807) is 13.3 Å². The molecule has 0 amide bonds. The van der Waals surface area contributed by atoms with Crippen LogP contribution < -0.4 is 0 Å². The van der Waals surface area contributed by atoms with Crippen LogP contribution in [0.3, 0.4) is 0 Å². The first-order chi connectivity index (χ1) is 3.95. The molecular weight excluding hydrogens is 135 g/mol. The summed E-state index contributed by atoms with van der Waals surface area (Å²) in [5, 5.41) is 0. The predicted octanol–water partition coefficient (Wildman–Crippen LogP) is 2.34. The van der Waals surface area contributed by atoms with Gasteiger partial charge in [0.25, 0.3) is 0 Å². The van der Waals surface area contributed by atoms with E-state index in [2.05, 4.69) is 0 Å². The molecule has 0 N–H and O–H groups in total. The lowest BCUT2D eigenvalue weighted by Gasteiger charge is -2.13. The Kier molecular flexibility index (Phi) is 3.45. The summed E-state index contributed by atoms with van der Waals surface area (Å²) in [5.74, 6) is 0. The molecule has 0 aromatic rings. The summed E-state index contributed by atoms with van der Waals surface area (Å²) in [7, 11) is -2.24. The Morgan fingerprint density at radius 1 is 1.56 bits per heavy atom. The van der Waals surface area contributed by atoms with Crippen LogP contribution in [0, 0.1) is 0 Å². The van der Waals surface area contributed by atoms with Gasteiger partial charge in [-0.1, -0.05) is 6.92 Å². The van der Waals surface area contributed by atoms with Gasteiger partial charge in [0.1, 0.15) is 0 Å². The summed E-state index contributed by atoms with van der Waals surface area (Å²) < 4.78 is 16.1. The average molecular weight is 150 g/mol. The van der Waals surface area contributed by atoms with Crippen molar-refractivity contribution in [3.05, 3.63) is 0 Å². The van der Waals surface area contributed by atoms with Crippen LogP contribution >= 0.6 is 7.37 Å². The standard InChI is InChI=1S/C6H15O2P/c1-5-6(2)8-9(3,4)7/h6H,5H2,1-4H3. The number of hydrogen-bond acceptors (Lipinski definition) is 2. The topological polar surface area (TPSA) is 26.3 Å². The minimum Gasteiger partial charge on any atom is -0.326 e. The van der Waals surface area contributed by atoms with E-state index in [0.29, 0.717) is 0 Å². The molecule has 56 valence electrons. The van der Waals surface area contributed by atoms with Gasteiger partial charge in [-0.25, -0.2) is 0 Å². The van der Waals surface area contributed by atoms with Crippen molar-refractivity contribution < 1.29 is 9.09 Å². The predicted molar refractivity (Wildman–Crippen MR) is 40.3 cm³/mol. The highest BCUT2D eigenvalue weighted by atomic mass is 31.2. The van der Waals surface area contributed by atoms with Crippen LogP contribution in [0.4, 0.5) is 0 Å². The van der Waals surface area contributed by atoms with Crippen molar-refractivity contribution in [2.75, 3.05) is 13.3 Å². The van der Waals surface area contributed by atoms with Gasteiger partial charge in [-0.05, 0) is 13.3 Å². The van der Waals surface area contributed by atoms with Gasteiger partial charge in [-0.3, -0.25) is 4.57 Å². The second-order valence-electron chi connectivity index (χ2n) is 2.58. The van der Waals surface area contributed by atoms with Gasteiger partial charge in [0.2, 0.25) is 0 Å². The SMILES string of the molecule is CCC(C)OP(C)(C)=O. The Balaban J connectivity index is 3.60. The molecule has 0 aliphatic heterocycles. The molecule has 0 fully saturated rings. The molecule has 0 aliphatic rings. The van der Waals surface area contributed by atoms with Crippen molar-refractivity contribution in [1.82, 2.24) is 0 Å². The molecule has 0 rings (SSSR count). The van der Waals surface area contributed by atoms with Crippen LogP contribution in [0.1, 0.15) is 20.3 Å². The van der Waals surface area contributed by atoms with Crippen LogP contribution in [-0.2, 0) is 9.09 Å². The quantitative estimate of drug-likeness (QED) is 0.577. The zero-order valence-corrected chi connectivity index (χ0v) is 7.44. The Bertz CT molecular complexity index is 116. The fraction of sp³-hybridized carbons (Fsp3) is 1.00. The number of rotatable bonds is 3. The van der Waals surface area contributed by atoms with Crippen molar-refractivity contribution >= 4 is 7.37 Å². The lowest BCUT2D eigenvalue weighted by molar-refractivity contribution is 0.224. The molecule has 0 aliphatic carbocycles. The Hall–Kier alpha value is 0.190. The summed E-state index contributed by atoms with van der Waals surface area (Å²) in [4.78, 5) is 0. The Morgan fingerprint density at radius 3 is 2.11 bits per heavy atom. The van der Waals surface area contributed by atoms with Crippen LogP contribution in [-0.4, -0.2) is 19.4 Å². The molecule has 1 atom stereocenters. The van der Waals surface area contributed by atoms with Crippen molar-refractivity contribution in [3.8, 4) is 0 Å².